The van der Waals surface area contributed by atoms with Crippen LogP contribution in [0.15, 0.2) is 30.6 Å². The van der Waals surface area contributed by atoms with Crippen molar-refractivity contribution in [2.24, 2.45) is 0 Å². The molecule has 0 aliphatic carbocycles. The molecule has 0 bridgehead atoms. The van der Waals surface area contributed by atoms with Gasteiger partial charge in [-0.3, -0.25) is 4.79 Å². The molecule has 0 fully saturated rings. The molecule has 136 valence electrons. The SMILES string of the molecule is CC(C)c1nccn1[C@@H](C)C(=O)NCc1cc(F)cc(C(F)(F)F)c1. The van der Waals surface area contributed by atoms with Gasteiger partial charge in [0.1, 0.15) is 17.7 Å². The van der Waals surface area contributed by atoms with Gasteiger partial charge >= 0.3 is 6.18 Å². The molecule has 1 N–H and O–H groups in total. The molecular weight excluding hydrogens is 338 g/mol. The Morgan fingerprint density at radius 1 is 1.24 bits per heavy atom. The highest BCUT2D eigenvalue weighted by atomic mass is 19.4. The molecule has 2 aromatic rings. The highest BCUT2D eigenvalue weighted by Crippen LogP contribution is 2.30. The molecule has 4 nitrogen and oxygen atoms in total. The van der Waals surface area contributed by atoms with Crippen LogP contribution in [0.25, 0.3) is 0 Å². The minimum Gasteiger partial charge on any atom is -0.350 e. The quantitative estimate of drug-likeness (QED) is 0.821. The number of benzene rings is 1. The standard InChI is InChI=1S/C17H19F4N3O/c1-10(2)15-22-4-5-24(15)11(3)16(25)23-9-12-6-13(17(19,20)21)8-14(18)7-12/h4-8,10-11H,9H2,1-3H3,(H,23,25)/t11-/m0/s1. The monoisotopic (exact) mass is 357 g/mol. The Bertz CT molecular complexity index is 753. The highest BCUT2D eigenvalue weighted by Gasteiger charge is 2.31. The van der Waals surface area contributed by atoms with Gasteiger partial charge in [0.05, 0.1) is 5.56 Å². The molecule has 0 aliphatic heterocycles. The minimum absolute atomic E-state index is 0.0441. The number of carbonyl (C=O) groups excluding carboxylic acids is 1. The number of hydrogen-bond donors (Lipinski definition) is 1. The fourth-order valence-electron chi connectivity index (χ4n) is 2.48. The molecule has 0 spiro atoms. The summed E-state index contributed by atoms with van der Waals surface area (Å²) in [4.78, 5) is 16.5. The van der Waals surface area contributed by atoms with Crippen LogP contribution < -0.4 is 5.32 Å². The Hall–Kier alpha value is -2.38. The van der Waals surface area contributed by atoms with Crippen molar-refractivity contribution < 1.29 is 22.4 Å². The fourth-order valence-corrected chi connectivity index (χ4v) is 2.48. The van der Waals surface area contributed by atoms with Gasteiger partial charge in [-0.15, -0.1) is 0 Å². The molecule has 8 heteroatoms. The number of carbonyl (C=O) groups is 1. The second-order valence-corrected chi connectivity index (χ2v) is 6.09. The number of nitrogens with one attached hydrogen (secondary N) is 1. The molecule has 1 heterocycles. The van der Waals surface area contributed by atoms with Crippen molar-refractivity contribution in [1.29, 1.82) is 0 Å². The smallest absolute Gasteiger partial charge is 0.350 e. The Balaban J connectivity index is 2.09. The van der Waals surface area contributed by atoms with E-state index in [1.54, 1.807) is 23.9 Å². The normalized spacial score (nSPS) is 13.1. The number of aromatic nitrogens is 2. The summed E-state index contributed by atoms with van der Waals surface area (Å²) in [5.74, 6) is -0.544. The number of alkyl halides is 3. The zero-order valence-corrected chi connectivity index (χ0v) is 14.1. The van der Waals surface area contributed by atoms with Crippen LogP contribution in [0.2, 0.25) is 0 Å². The summed E-state index contributed by atoms with van der Waals surface area (Å²) in [5.41, 5.74) is -1.04. The van der Waals surface area contributed by atoms with Crippen molar-refractivity contribution in [2.45, 2.75) is 45.5 Å². The topological polar surface area (TPSA) is 46.9 Å². The summed E-state index contributed by atoms with van der Waals surface area (Å²) in [5, 5.41) is 2.54. The van der Waals surface area contributed by atoms with E-state index in [4.69, 9.17) is 0 Å². The molecule has 1 amide bonds. The lowest BCUT2D eigenvalue weighted by Crippen LogP contribution is -2.31. The maximum Gasteiger partial charge on any atom is 0.416 e. The van der Waals surface area contributed by atoms with E-state index in [0.717, 1.165) is 18.0 Å². The third kappa shape index (κ3) is 4.58. The van der Waals surface area contributed by atoms with E-state index in [9.17, 15) is 22.4 Å². The molecule has 1 atom stereocenters. The molecule has 0 aliphatic rings. The van der Waals surface area contributed by atoms with Crippen LogP contribution in [-0.4, -0.2) is 15.5 Å². The third-order valence-electron chi connectivity index (χ3n) is 3.76. The number of halogens is 4. The average molecular weight is 357 g/mol. The first-order valence-electron chi connectivity index (χ1n) is 7.76. The number of hydrogen-bond acceptors (Lipinski definition) is 2. The van der Waals surface area contributed by atoms with Gasteiger partial charge in [0.15, 0.2) is 0 Å². The number of amides is 1. The molecular formula is C17H19F4N3O. The lowest BCUT2D eigenvalue weighted by molar-refractivity contribution is -0.137. The molecule has 1 aromatic heterocycles. The Kier molecular flexibility index (Phi) is 5.49. The average Bonchev–Trinajstić information content (AvgIpc) is 3.00. The van der Waals surface area contributed by atoms with Crippen LogP contribution >= 0.6 is 0 Å². The largest absolute Gasteiger partial charge is 0.416 e. The summed E-state index contributed by atoms with van der Waals surface area (Å²) in [6.07, 6.45) is -1.39. The number of nitrogens with zero attached hydrogens (tertiary/aromatic N) is 2. The van der Waals surface area contributed by atoms with E-state index < -0.39 is 29.5 Å². The first-order valence-corrected chi connectivity index (χ1v) is 7.76. The summed E-state index contributed by atoms with van der Waals surface area (Å²) in [7, 11) is 0. The Labute approximate surface area is 142 Å². The number of rotatable bonds is 5. The van der Waals surface area contributed by atoms with Gasteiger partial charge in [0.25, 0.3) is 0 Å². The van der Waals surface area contributed by atoms with E-state index in [1.807, 2.05) is 13.8 Å². The minimum atomic E-state index is -4.64. The predicted molar refractivity (Wildman–Crippen MR) is 84.3 cm³/mol. The van der Waals surface area contributed by atoms with Gasteiger partial charge in [0.2, 0.25) is 5.91 Å². The van der Waals surface area contributed by atoms with E-state index >= 15 is 0 Å². The first-order chi connectivity index (χ1) is 11.6. The summed E-state index contributed by atoms with van der Waals surface area (Å²) < 4.78 is 53.2. The Morgan fingerprint density at radius 2 is 1.92 bits per heavy atom. The van der Waals surface area contributed by atoms with Crippen LogP contribution in [0.5, 0.6) is 0 Å². The maximum atomic E-state index is 13.4. The molecule has 0 unspecified atom stereocenters. The van der Waals surface area contributed by atoms with Crippen molar-refractivity contribution in [2.75, 3.05) is 0 Å². The zero-order chi connectivity index (χ0) is 18.8. The van der Waals surface area contributed by atoms with Gasteiger partial charge in [-0.2, -0.15) is 13.2 Å². The van der Waals surface area contributed by atoms with E-state index in [0.29, 0.717) is 6.07 Å². The van der Waals surface area contributed by atoms with E-state index in [2.05, 4.69) is 10.3 Å². The van der Waals surface area contributed by atoms with Crippen molar-refractivity contribution in [3.8, 4) is 0 Å². The van der Waals surface area contributed by atoms with Crippen LogP contribution in [0.3, 0.4) is 0 Å². The Morgan fingerprint density at radius 3 is 2.52 bits per heavy atom. The first kappa shape index (κ1) is 19.0. The molecule has 1 aromatic carbocycles. The molecule has 2 rings (SSSR count). The highest BCUT2D eigenvalue weighted by molar-refractivity contribution is 5.80. The number of imidazole rings is 1. The molecule has 0 saturated carbocycles. The molecule has 25 heavy (non-hydrogen) atoms. The van der Waals surface area contributed by atoms with Crippen LogP contribution in [0, 0.1) is 5.82 Å². The molecule has 0 radical (unpaired) electrons. The van der Waals surface area contributed by atoms with Gasteiger partial charge < -0.3 is 9.88 Å². The lowest BCUT2D eigenvalue weighted by atomic mass is 10.1. The molecule has 0 saturated heterocycles. The lowest BCUT2D eigenvalue weighted by Gasteiger charge is -2.18. The van der Waals surface area contributed by atoms with Gasteiger partial charge in [-0.1, -0.05) is 13.8 Å². The van der Waals surface area contributed by atoms with Gasteiger partial charge in [-0.05, 0) is 30.7 Å². The van der Waals surface area contributed by atoms with Crippen LogP contribution in [-0.2, 0) is 17.5 Å². The second-order valence-electron chi connectivity index (χ2n) is 6.09. The van der Waals surface area contributed by atoms with Crippen molar-refractivity contribution in [3.63, 3.8) is 0 Å². The fraction of sp³-hybridized carbons (Fsp3) is 0.412. The third-order valence-corrected chi connectivity index (χ3v) is 3.76. The van der Waals surface area contributed by atoms with Crippen molar-refractivity contribution >= 4 is 5.91 Å². The summed E-state index contributed by atoms with van der Waals surface area (Å²) >= 11 is 0. The van der Waals surface area contributed by atoms with Crippen LogP contribution in [0.1, 0.15) is 49.7 Å². The van der Waals surface area contributed by atoms with E-state index in [1.165, 1.54) is 0 Å². The summed E-state index contributed by atoms with van der Waals surface area (Å²) in [6, 6.07) is 1.63. The van der Waals surface area contributed by atoms with Gasteiger partial charge in [-0.25, -0.2) is 9.37 Å². The van der Waals surface area contributed by atoms with Crippen LogP contribution in [0.4, 0.5) is 17.6 Å². The van der Waals surface area contributed by atoms with Crippen molar-refractivity contribution in [1.82, 2.24) is 14.9 Å². The van der Waals surface area contributed by atoms with Gasteiger partial charge in [0, 0.05) is 24.9 Å². The second kappa shape index (κ2) is 7.25. The van der Waals surface area contributed by atoms with Crippen molar-refractivity contribution in [3.05, 3.63) is 53.4 Å². The predicted octanol–water partition coefficient (Wildman–Crippen LogP) is 4.04. The maximum absolute atomic E-state index is 13.4. The zero-order valence-electron chi connectivity index (χ0n) is 14.1. The summed E-state index contributed by atoms with van der Waals surface area (Å²) in [6.45, 7) is 5.34. The van der Waals surface area contributed by atoms with E-state index in [-0.39, 0.29) is 18.0 Å².